The molecule has 31 heavy (non-hydrogen) atoms. The Morgan fingerprint density at radius 2 is 1.94 bits per heavy atom. The number of amides is 1. The first-order valence-electron chi connectivity index (χ1n) is 10.0. The molecule has 1 amide bonds. The molecule has 3 aromatic heterocycles. The van der Waals surface area contributed by atoms with Crippen LogP contribution >= 0.6 is 0 Å². The first-order chi connectivity index (χ1) is 15.1. The van der Waals surface area contributed by atoms with Gasteiger partial charge >= 0.3 is 0 Å². The molecule has 9 nitrogen and oxygen atoms in total. The topological polar surface area (TPSA) is 90.4 Å². The standard InChI is InChI=1S/C21H20FN7O2/c1-14-6-7-15(31-20-19-24-12-18(22)27(19)11-10-23-20)13-28(14)21(30)16-4-2-3-5-17(16)29-25-8-9-26-29/h2-5,8-12,14-15H,6-7,13H2,1H3/t14-,15-/m1/s1. The summed E-state index contributed by atoms with van der Waals surface area (Å²) in [5, 5.41) is 8.31. The molecule has 1 aromatic carbocycles. The van der Waals surface area contributed by atoms with E-state index in [1.807, 2.05) is 25.1 Å². The molecule has 1 aliphatic heterocycles. The van der Waals surface area contributed by atoms with Gasteiger partial charge in [-0.25, -0.2) is 9.97 Å². The van der Waals surface area contributed by atoms with E-state index in [-0.39, 0.29) is 23.9 Å². The van der Waals surface area contributed by atoms with Crippen LogP contribution < -0.4 is 4.74 Å². The second-order valence-electron chi connectivity index (χ2n) is 7.47. The number of likely N-dealkylation sites (tertiary alicyclic amines) is 1. The maximum absolute atomic E-state index is 13.8. The van der Waals surface area contributed by atoms with Crippen LogP contribution in [0.2, 0.25) is 0 Å². The zero-order valence-electron chi connectivity index (χ0n) is 16.8. The van der Waals surface area contributed by atoms with Crippen LogP contribution in [0.5, 0.6) is 5.88 Å². The zero-order valence-corrected chi connectivity index (χ0v) is 16.8. The van der Waals surface area contributed by atoms with E-state index in [1.165, 1.54) is 21.6 Å². The number of hydrogen-bond acceptors (Lipinski definition) is 6. The van der Waals surface area contributed by atoms with Crippen LogP contribution in [0.1, 0.15) is 30.1 Å². The molecule has 0 bridgehead atoms. The molecule has 5 rings (SSSR count). The molecule has 10 heteroatoms. The van der Waals surface area contributed by atoms with E-state index in [2.05, 4.69) is 20.2 Å². The molecule has 1 aliphatic rings. The molecule has 4 aromatic rings. The maximum atomic E-state index is 13.8. The van der Waals surface area contributed by atoms with Crippen molar-refractivity contribution in [1.82, 2.24) is 34.3 Å². The lowest BCUT2D eigenvalue weighted by molar-refractivity contribution is 0.0375. The van der Waals surface area contributed by atoms with Gasteiger partial charge in [0.05, 0.1) is 36.4 Å². The summed E-state index contributed by atoms with van der Waals surface area (Å²) in [6.07, 6.45) is 8.46. The number of carbonyl (C=O) groups is 1. The van der Waals surface area contributed by atoms with Gasteiger partial charge in [-0.1, -0.05) is 12.1 Å². The number of rotatable bonds is 4. The van der Waals surface area contributed by atoms with Crippen LogP contribution in [0.4, 0.5) is 4.39 Å². The van der Waals surface area contributed by atoms with Gasteiger partial charge in [0.1, 0.15) is 6.10 Å². The average Bonchev–Trinajstić information content (AvgIpc) is 3.46. The Kier molecular flexibility index (Phi) is 4.81. The van der Waals surface area contributed by atoms with Crippen LogP contribution in [-0.2, 0) is 0 Å². The van der Waals surface area contributed by atoms with E-state index in [9.17, 15) is 9.18 Å². The van der Waals surface area contributed by atoms with Crippen LogP contribution in [0.3, 0.4) is 0 Å². The Hall–Kier alpha value is -3.82. The van der Waals surface area contributed by atoms with Crippen molar-refractivity contribution >= 4 is 11.6 Å². The molecular weight excluding hydrogens is 401 g/mol. The minimum atomic E-state index is -0.486. The van der Waals surface area contributed by atoms with Crippen molar-refractivity contribution in [3.8, 4) is 11.6 Å². The summed E-state index contributed by atoms with van der Waals surface area (Å²) in [5.41, 5.74) is 1.44. The van der Waals surface area contributed by atoms with Gasteiger partial charge in [-0.2, -0.15) is 19.4 Å². The summed E-state index contributed by atoms with van der Waals surface area (Å²) in [6.45, 7) is 2.40. The second-order valence-corrected chi connectivity index (χ2v) is 7.47. The Labute approximate surface area is 177 Å². The van der Waals surface area contributed by atoms with Crippen LogP contribution in [0.15, 0.2) is 55.2 Å². The smallest absolute Gasteiger partial charge is 0.258 e. The molecule has 4 heterocycles. The highest BCUT2D eigenvalue weighted by atomic mass is 19.1. The number of nitrogens with zero attached hydrogens (tertiary/aromatic N) is 7. The van der Waals surface area contributed by atoms with E-state index < -0.39 is 5.95 Å². The van der Waals surface area contributed by atoms with Gasteiger partial charge in [-0.15, -0.1) is 0 Å². The van der Waals surface area contributed by atoms with E-state index in [1.54, 1.807) is 23.4 Å². The van der Waals surface area contributed by atoms with E-state index in [0.717, 1.165) is 19.0 Å². The molecule has 0 unspecified atom stereocenters. The third-order valence-corrected chi connectivity index (χ3v) is 5.50. The maximum Gasteiger partial charge on any atom is 0.258 e. The third kappa shape index (κ3) is 3.49. The van der Waals surface area contributed by atoms with Gasteiger partial charge in [0.15, 0.2) is 0 Å². The predicted molar refractivity (Wildman–Crippen MR) is 108 cm³/mol. The second kappa shape index (κ2) is 7.78. The monoisotopic (exact) mass is 421 g/mol. The van der Waals surface area contributed by atoms with Gasteiger partial charge in [-0.05, 0) is 31.9 Å². The summed E-state index contributed by atoms with van der Waals surface area (Å²) in [4.78, 5) is 24.9. The number of imidazole rings is 1. The van der Waals surface area contributed by atoms with Crippen molar-refractivity contribution in [1.29, 1.82) is 0 Å². The number of para-hydroxylation sites is 1. The largest absolute Gasteiger partial charge is 0.470 e. The Balaban J connectivity index is 1.40. The van der Waals surface area contributed by atoms with E-state index in [4.69, 9.17) is 4.74 Å². The van der Waals surface area contributed by atoms with Crippen LogP contribution in [-0.4, -0.2) is 58.9 Å². The number of aromatic nitrogens is 6. The van der Waals surface area contributed by atoms with Gasteiger partial charge in [0.2, 0.25) is 11.6 Å². The lowest BCUT2D eigenvalue weighted by atomic mass is 9.99. The number of benzene rings is 1. The molecule has 0 spiro atoms. The number of hydrogen-bond donors (Lipinski definition) is 0. The number of halogens is 1. The molecule has 2 atom stereocenters. The fraction of sp³-hybridized carbons (Fsp3) is 0.286. The third-order valence-electron chi connectivity index (χ3n) is 5.50. The number of fused-ring (bicyclic) bond motifs is 1. The first-order valence-corrected chi connectivity index (χ1v) is 10.0. The van der Waals surface area contributed by atoms with Crippen LogP contribution in [0, 0.1) is 5.95 Å². The summed E-state index contributed by atoms with van der Waals surface area (Å²) in [5.74, 6) is -0.355. The highest BCUT2D eigenvalue weighted by Gasteiger charge is 2.32. The Morgan fingerprint density at radius 3 is 2.77 bits per heavy atom. The van der Waals surface area contributed by atoms with Crippen molar-refractivity contribution in [3.05, 3.63) is 66.8 Å². The molecule has 0 N–H and O–H groups in total. The van der Waals surface area contributed by atoms with Crippen LogP contribution in [0.25, 0.3) is 11.3 Å². The summed E-state index contributed by atoms with van der Waals surface area (Å²) in [7, 11) is 0. The summed E-state index contributed by atoms with van der Waals surface area (Å²) < 4.78 is 21.2. The molecule has 0 radical (unpaired) electrons. The average molecular weight is 421 g/mol. The normalized spacial score (nSPS) is 19.0. The van der Waals surface area contributed by atoms with Crippen molar-refractivity contribution in [2.75, 3.05) is 6.54 Å². The molecular formula is C21H20FN7O2. The lowest BCUT2D eigenvalue weighted by Crippen LogP contribution is -2.49. The van der Waals surface area contributed by atoms with Gasteiger partial charge < -0.3 is 9.64 Å². The van der Waals surface area contributed by atoms with E-state index in [0.29, 0.717) is 23.4 Å². The highest BCUT2D eigenvalue weighted by Crippen LogP contribution is 2.26. The summed E-state index contributed by atoms with van der Waals surface area (Å²) >= 11 is 0. The number of piperidine rings is 1. The highest BCUT2D eigenvalue weighted by molar-refractivity contribution is 5.98. The van der Waals surface area contributed by atoms with Crippen molar-refractivity contribution in [2.45, 2.75) is 31.9 Å². The number of carbonyl (C=O) groups excluding carboxylic acids is 1. The molecule has 0 saturated carbocycles. The van der Waals surface area contributed by atoms with Crippen molar-refractivity contribution in [2.24, 2.45) is 0 Å². The quantitative estimate of drug-likeness (QED) is 0.503. The van der Waals surface area contributed by atoms with Crippen molar-refractivity contribution < 1.29 is 13.9 Å². The molecule has 0 aliphatic carbocycles. The minimum Gasteiger partial charge on any atom is -0.470 e. The molecule has 1 fully saturated rings. The zero-order chi connectivity index (χ0) is 21.4. The predicted octanol–water partition coefficient (Wildman–Crippen LogP) is 2.52. The van der Waals surface area contributed by atoms with Gasteiger partial charge in [0, 0.05) is 18.4 Å². The summed E-state index contributed by atoms with van der Waals surface area (Å²) in [6, 6.07) is 7.29. The first kappa shape index (κ1) is 19.2. The SMILES string of the molecule is C[C@@H]1CC[C@@H](Oc2nccn3c(F)cnc23)CN1C(=O)c1ccccc1-n1nccn1. The lowest BCUT2D eigenvalue weighted by Gasteiger charge is -2.38. The Morgan fingerprint density at radius 1 is 1.13 bits per heavy atom. The van der Waals surface area contributed by atoms with Crippen molar-refractivity contribution in [3.63, 3.8) is 0 Å². The molecule has 1 saturated heterocycles. The fourth-order valence-corrected chi connectivity index (χ4v) is 3.88. The molecule has 158 valence electrons. The number of ether oxygens (including phenoxy) is 1. The van der Waals surface area contributed by atoms with Gasteiger partial charge in [-0.3, -0.25) is 9.20 Å². The van der Waals surface area contributed by atoms with E-state index >= 15 is 0 Å². The fourth-order valence-electron chi connectivity index (χ4n) is 3.88. The minimum absolute atomic E-state index is 0.0404. The Bertz CT molecular complexity index is 1220. The van der Waals surface area contributed by atoms with Gasteiger partial charge in [0.25, 0.3) is 11.8 Å².